The second-order valence-electron chi connectivity index (χ2n) is 2.53. The lowest BCUT2D eigenvalue weighted by molar-refractivity contribution is -0.00437. The van der Waals surface area contributed by atoms with Crippen LogP contribution in [0.25, 0.3) is 0 Å². The van der Waals surface area contributed by atoms with Gasteiger partial charge in [0.25, 0.3) is 0 Å². The van der Waals surface area contributed by atoms with E-state index in [1.807, 2.05) is 0 Å². The van der Waals surface area contributed by atoms with Gasteiger partial charge in [0.2, 0.25) is 0 Å². The summed E-state index contributed by atoms with van der Waals surface area (Å²) in [5.41, 5.74) is -1.16. The van der Waals surface area contributed by atoms with Crippen LogP contribution in [0.4, 0.5) is 4.39 Å². The van der Waals surface area contributed by atoms with Crippen LogP contribution in [0.15, 0.2) is 0 Å². The van der Waals surface area contributed by atoms with Gasteiger partial charge in [-0.05, 0) is 20.3 Å². The Morgan fingerprint density at radius 1 is 1.62 bits per heavy atom. The minimum absolute atomic E-state index is 0.378. The van der Waals surface area contributed by atoms with Gasteiger partial charge in [-0.15, -0.1) is 0 Å². The fourth-order valence-corrected chi connectivity index (χ4v) is 0.500. The summed E-state index contributed by atoms with van der Waals surface area (Å²) in [5.74, 6) is 0. The Bertz CT molecular complexity index is 65.4. The summed E-state index contributed by atoms with van der Waals surface area (Å²) in [6.07, 6.45) is -0.716. The van der Waals surface area contributed by atoms with Crippen LogP contribution >= 0.6 is 0 Å². The quantitative estimate of drug-likeness (QED) is 0.585. The number of alkyl halides is 1. The molecule has 0 aliphatic heterocycles. The topological polar surface area (TPSA) is 20.2 Å². The molecule has 0 saturated heterocycles. The molecule has 0 spiro atoms. The molecule has 1 atom stereocenters. The minimum Gasteiger partial charge on any atom is -0.387 e. The third kappa shape index (κ3) is 2.26. The molecule has 50 valence electrons. The maximum absolute atomic E-state index is 12.4. The van der Waals surface area contributed by atoms with E-state index in [1.165, 1.54) is 13.8 Å². The van der Waals surface area contributed by atoms with Crippen LogP contribution in [0.1, 0.15) is 27.2 Å². The van der Waals surface area contributed by atoms with E-state index in [2.05, 4.69) is 0 Å². The summed E-state index contributed by atoms with van der Waals surface area (Å²) in [5, 5.41) is 8.91. The molecule has 0 rings (SSSR count). The second-order valence-corrected chi connectivity index (χ2v) is 2.53. The lowest BCUT2D eigenvalue weighted by atomic mass is 10.0. The average Bonchev–Trinajstić information content (AvgIpc) is 1.62. The Hall–Kier alpha value is -0.110. The Kier molecular flexibility index (Phi) is 2.41. The monoisotopic (exact) mass is 120 g/mol. The smallest absolute Gasteiger partial charge is 0.128 e. The van der Waals surface area contributed by atoms with Crippen molar-refractivity contribution in [3.8, 4) is 0 Å². The van der Waals surface area contributed by atoms with Gasteiger partial charge in [0.1, 0.15) is 6.17 Å². The summed E-state index contributed by atoms with van der Waals surface area (Å²) in [6, 6.07) is 0. The van der Waals surface area contributed by atoms with Crippen molar-refractivity contribution in [1.82, 2.24) is 0 Å². The van der Waals surface area contributed by atoms with Crippen molar-refractivity contribution in [1.29, 1.82) is 0 Å². The Morgan fingerprint density at radius 3 is 2.00 bits per heavy atom. The van der Waals surface area contributed by atoms with Crippen LogP contribution in [-0.2, 0) is 0 Å². The summed E-state index contributed by atoms with van der Waals surface area (Å²) >= 11 is 0. The molecule has 2 heteroatoms. The molecule has 8 heavy (non-hydrogen) atoms. The maximum Gasteiger partial charge on any atom is 0.128 e. The molecule has 0 unspecified atom stereocenters. The van der Waals surface area contributed by atoms with E-state index in [4.69, 9.17) is 5.11 Å². The van der Waals surface area contributed by atoms with Crippen LogP contribution in [0.3, 0.4) is 0 Å². The largest absolute Gasteiger partial charge is 0.387 e. The van der Waals surface area contributed by atoms with Crippen LogP contribution in [0.2, 0.25) is 0 Å². The van der Waals surface area contributed by atoms with Gasteiger partial charge in [-0.3, -0.25) is 0 Å². The highest BCUT2D eigenvalue weighted by Gasteiger charge is 2.23. The van der Waals surface area contributed by atoms with E-state index in [9.17, 15) is 4.39 Å². The van der Waals surface area contributed by atoms with E-state index < -0.39 is 11.8 Å². The van der Waals surface area contributed by atoms with Crippen molar-refractivity contribution in [2.45, 2.75) is 39.0 Å². The summed E-state index contributed by atoms with van der Waals surface area (Å²) in [7, 11) is 0. The van der Waals surface area contributed by atoms with Crippen LogP contribution in [0.5, 0.6) is 0 Å². The van der Waals surface area contributed by atoms with Gasteiger partial charge in [-0.1, -0.05) is 6.92 Å². The van der Waals surface area contributed by atoms with Gasteiger partial charge in [0.15, 0.2) is 0 Å². The van der Waals surface area contributed by atoms with Crippen molar-refractivity contribution in [3.05, 3.63) is 0 Å². The summed E-state index contributed by atoms with van der Waals surface area (Å²) in [6.45, 7) is 4.66. The third-order valence-electron chi connectivity index (χ3n) is 1.12. The Labute approximate surface area is 49.5 Å². The van der Waals surface area contributed by atoms with Gasteiger partial charge >= 0.3 is 0 Å². The SMILES string of the molecule is CC[C@@H](F)C(C)(C)O. The molecular weight excluding hydrogens is 107 g/mol. The first-order valence-electron chi connectivity index (χ1n) is 2.85. The van der Waals surface area contributed by atoms with E-state index in [0.29, 0.717) is 6.42 Å². The fourth-order valence-electron chi connectivity index (χ4n) is 0.500. The molecule has 0 fully saturated rings. The third-order valence-corrected chi connectivity index (χ3v) is 1.12. The lowest BCUT2D eigenvalue weighted by Crippen LogP contribution is -2.31. The predicted molar refractivity (Wildman–Crippen MR) is 31.5 cm³/mol. The molecule has 0 aromatic rings. The van der Waals surface area contributed by atoms with Crippen molar-refractivity contribution in [3.63, 3.8) is 0 Å². The van der Waals surface area contributed by atoms with E-state index >= 15 is 0 Å². The normalized spacial score (nSPS) is 16.1. The van der Waals surface area contributed by atoms with Gasteiger partial charge in [0, 0.05) is 0 Å². The Balaban J connectivity index is 3.62. The molecule has 0 bridgehead atoms. The van der Waals surface area contributed by atoms with Crippen LogP contribution in [-0.4, -0.2) is 16.9 Å². The summed E-state index contributed by atoms with van der Waals surface area (Å²) < 4.78 is 12.4. The molecule has 0 aliphatic rings. The van der Waals surface area contributed by atoms with E-state index in [0.717, 1.165) is 0 Å². The number of rotatable bonds is 2. The summed E-state index contributed by atoms with van der Waals surface area (Å²) in [4.78, 5) is 0. The van der Waals surface area contributed by atoms with Crippen LogP contribution < -0.4 is 0 Å². The standard InChI is InChI=1S/C6H13FO/c1-4-5(7)6(2,3)8/h5,8H,4H2,1-3H3/t5-/m1/s1. The number of halogens is 1. The highest BCUT2D eigenvalue weighted by Crippen LogP contribution is 2.14. The molecule has 0 radical (unpaired) electrons. The first-order chi connectivity index (χ1) is 3.48. The average molecular weight is 120 g/mol. The lowest BCUT2D eigenvalue weighted by Gasteiger charge is -2.20. The van der Waals surface area contributed by atoms with Crippen molar-refractivity contribution >= 4 is 0 Å². The highest BCUT2D eigenvalue weighted by atomic mass is 19.1. The van der Waals surface area contributed by atoms with Crippen LogP contribution in [0, 0.1) is 0 Å². The zero-order valence-electron chi connectivity index (χ0n) is 5.61. The molecule has 0 aromatic carbocycles. The molecule has 1 nitrogen and oxygen atoms in total. The number of aliphatic hydroxyl groups is 1. The zero-order valence-corrected chi connectivity index (χ0v) is 5.61. The molecule has 0 heterocycles. The zero-order chi connectivity index (χ0) is 6.78. The predicted octanol–water partition coefficient (Wildman–Crippen LogP) is 1.51. The fraction of sp³-hybridized carbons (Fsp3) is 1.00. The van der Waals surface area contributed by atoms with Crippen molar-refractivity contribution in [2.75, 3.05) is 0 Å². The first kappa shape index (κ1) is 7.89. The maximum atomic E-state index is 12.4. The molecule has 0 saturated carbocycles. The molecular formula is C6H13FO. The van der Waals surface area contributed by atoms with E-state index in [-0.39, 0.29) is 0 Å². The molecule has 0 amide bonds. The number of hydrogen-bond donors (Lipinski definition) is 1. The minimum atomic E-state index is -1.16. The molecule has 0 aliphatic carbocycles. The van der Waals surface area contributed by atoms with Crippen molar-refractivity contribution in [2.24, 2.45) is 0 Å². The van der Waals surface area contributed by atoms with E-state index in [1.54, 1.807) is 6.92 Å². The van der Waals surface area contributed by atoms with Gasteiger partial charge < -0.3 is 5.11 Å². The van der Waals surface area contributed by atoms with Gasteiger partial charge in [0.05, 0.1) is 5.60 Å². The highest BCUT2D eigenvalue weighted by molar-refractivity contribution is 4.74. The second kappa shape index (κ2) is 2.44. The van der Waals surface area contributed by atoms with Gasteiger partial charge in [-0.2, -0.15) is 0 Å². The first-order valence-corrected chi connectivity index (χ1v) is 2.85. The van der Waals surface area contributed by atoms with Crippen molar-refractivity contribution < 1.29 is 9.50 Å². The Morgan fingerprint density at radius 2 is 2.00 bits per heavy atom. The number of hydrogen-bond acceptors (Lipinski definition) is 1. The molecule has 0 aromatic heterocycles. The van der Waals surface area contributed by atoms with Gasteiger partial charge in [-0.25, -0.2) is 4.39 Å². The molecule has 1 N–H and O–H groups in total.